The maximum absolute atomic E-state index is 5.68. The second-order valence-corrected chi connectivity index (χ2v) is 6.05. The SMILES string of the molecule is Nc1ccc(-c2nc(Cc3ccc(Br)cc3)no2)s1. The van der Waals surface area contributed by atoms with Crippen molar-refractivity contribution < 1.29 is 4.52 Å². The van der Waals surface area contributed by atoms with Gasteiger partial charge in [-0.25, -0.2) is 0 Å². The van der Waals surface area contributed by atoms with E-state index in [0.29, 0.717) is 18.1 Å². The van der Waals surface area contributed by atoms with Crippen molar-refractivity contribution in [1.29, 1.82) is 0 Å². The van der Waals surface area contributed by atoms with Crippen LogP contribution in [-0.4, -0.2) is 10.1 Å². The van der Waals surface area contributed by atoms with Gasteiger partial charge >= 0.3 is 0 Å². The highest BCUT2D eigenvalue weighted by atomic mass is 79.9. The van der Waals surface area contributed by atoms with Crippen molar-refractivity contribution in [3.05, 3.63) is 52.3 Å². The Hall–Kier alpha value is -1.66. The van der Waals surface area contributed by atoms with Crippen molar-refractivity contribution in [2.75, 3.05) is 5.73 Å². The average molecular weight is 336 g/mol. The van der Waals surface area contributed by atoms with E-state index in [4.69, 9.17) is 10.3 Å². The Balaban J connectivity index is 1.80. The number of thiophene rings is 1. The van der Waals surface area contributed by atoms with Crippen LogP contribution >= 0.6 is 27.3 Å². The van der Waals surface area contributed by atoms with Gasteiger partial charge in [0.1, 0.15) is 0 Å². The molecule has 0 unspecified atom stereocenters. The van der Waals surface area contributed by atoms with Crippen LogP contribution in [0.1, 0.15) is 11.4 Å². The molecule has 1 aromatic carbocycles. The van der Waals surface area contributed by atoms with Gasteiger partial charge in [0.25, 0.3) is 5.89 Å². The molecule has 0 spiro atoms. The average Bonchev–Trinajstić information content (AvgIpc) is 3.01. The van der Waals surface area contributed by atoms with Gasteiger partial charge in [0.15, 0.2) is 5.82 Å². The Morgan fingerprint density at radius 3 is 2.63 bits per heavy atom. The second kappa shape index (κ2) is 5.14. The number of hydrogen-bond acceptors (Lipinski definition) is 5. The van der Waals surface area contributed by atoms with E-state index < -0.39 is 0 Å². The lowest BCUT2D eigenvalue weighted by Crippen LogP contribution is -1.90. The molecular formula is C13H10BrN3OS. The minimum absolute atomic E-state index is 0.522. The van der Waals surface area contributed by atoms with Crippen LogP contribution in [0.15, 0.2) is 45.4 Å². The van der Waals surface area contributed by atoms with Crippen molar-refractivity contribution >= 4 is 32.3 Å². The smallest absolute Gasteiger partial charge is 0.268 e. The zero-order valence-electron chi connectivity index (χ0n) is 9.84. The van der Waals surface area contributed by atoms with E-state index in [0.717, 1.165) is 19.9 Å². The summed E-state index contributed by atoms with van der Waals surface area (Å²) in [5.74, 6) is 1.19. The predicted octanol–water partition coefficient (Wildman–Crippen LogP) is 3.73. The first-order chi connectivity index (χ1) is 9.20. The summed E-state index contributed by atoms with van der Waals surface area (Å²) in [6, 6.07) is 11.8. The molecule has 0 saturated carbocycles. The quantitative estimate of drug-likeness (QED) is 0.791. The van der Waals surface area contributed by atoms with Gasteiger partial charge in [-0.15, -0.1) is 11.3 Å². The summed E-state index contributed by atoms with van der Waals surface area (Å²) in [4.78, 5) is 5.27. The van der Waals surface area contributed by atoms with Crippen molar-refractivity contribution in [2.24, 2.45) is 0 Å². The summed E-state index contributed by atoms with van der Waals surface area (Å²) in [5.41, 5.74) is 6.82. The lowest BCUT2D eigenvalue weighted by atomic mass is 10.1. The van der Waals surface area contributed by atoms with Crippen LogP contribution in [0.3, 0.4) is 0 Å². The van der Waals surface area contributed by atoms with E-state index in [-0.39, 0.29) is 0 Å². The molecule has 2 N–H and O–H groups in total. The van der Waals surface area contributed by atoms with E-state index >= 15 is 0 Å². The Morgan fingerprint density at radius 1 is 1.16 bits per heavy atom. The van der Waals surface area contributed by atoms with Crippen LogP contribution < -0.4 is 5.73 Å². The largest absolute Gasteiger partial charge is 0.391 e. The number of rotatable bonds is 3. The maximum atomic E-state index is 5.68. The molecule has 96 valence electrons. The molecule has 3 rings (SSSR count). The second-order valence-electron chi connectivity index (χ2n) is 4.02. The molecule has 6 heteroatoms. The lowest BCUT2D eigenvalue weighted by Gasteiger charge is -1.96. The number of aromatic nitrogens is 2. The van der Waals surface area contributed by atoms with Gasteiger partial charge < -0.3 is 10.3 Å². The molecular weight excluding hydrogens is 326 g/mol. The van der Waals surface area contributed by atoms with E-state index in [1.807, 2.05) is 36.4 Å². The van der Waals surface area contributed by atoms with Gasteiger partial charge in [-0.1, -0.05) is 33.2 Å². The fourth-order valence-electron chi connectivity index (χ4n) is 1.68. The van der Waals surface area contributed by atoms with Gasteiger partial charge in [-0.2, -0.15) is 4.98 Å². The summed E-state index contributed by atoms with van der Waals surface area (Å²) < 4.78 is 6.30. The summed E-state index contributed by atoms with van der Waals surface area (Å²) >= 11 is 4.85. The van der Waals surface area contributed by atoms with Crippen LogP contribution in [0.5, 0.6) is 0 Å². The van der Waals surface area contributed by atoms with Crippen molar-refractivity contribution in [3.8, 4) is 10.8 Å². The molecule has 0 aliphatic heterocycles. The lowest BCUT2D eigenvalue weighted by molar-refractivity contribution is 0.424. The molecule has 4 nitrogen and oxygen atoms in total. The molecule has 3 aromatic rings. The normalized spacial score (nSPS) is 10.8. The molecule has 0 bridgehead atoms. The van der Waals surface area contributed by atoms with Gasteiger partial charge in [-0.3, -0.25) is 0 Å². The molecule has 2 aromatic heterocycles. The minimum Gasteiger partial charge on any atom is -0.391 e. The summed E-state index contributed by atoms with van der Waals surface area (Å²) in [6.45, 7) is 0. The summed E-state index contributed by atoms with van der Waals surface area (Å²) in [5, 5.41) is 4.73. The highest BCUT2D eigenvalue weighted by molar-refractivity contribution is 9.10. The molecule has 0 aliphatic carbocycles. The number of halogens is 1. The van der Waals surface area contributed by atoms with Crippen molar-refractivity contribution in [3.63, 3.8) is 0 Å². The number of nitrogens with zero attached hydrogens (tertiary/aromatic N) is 2. The highest BCUT2D eigenvalue weighted by Crippen LogP contribution is 2.28. The number of hydrogen-bond donors (Lipinski definition) is 1. The van der Waals surface area contributed by atoms with E-state index in [1.54, 1.807) is 0 Å². The van der Waals surface area contributed by atoms with E-state index in [1.165, 1.54) is 11.3 Å². The molecule has 2 heterocycles. The first kappa shape index (κ1) is 12.4. The van der Waals surface area contributed by atoms with Gasteiger partial charge in [0, 0.05) is 10.9 Å². The number of nitrogens with two attached hydrogens (primary N) is 1. The molecule has 0 amide bonds. The van der Waals surface area contributed by atoms with Crippen LogP contribution in [0.4, 0.5) is 5.00 Å². The van der Waals surface area contributed by atoms with Gasteiger partial charge in [0.05, 0.1) is 9.88 Å². The number of nitrogen functional groups attached to an aromatic ring is 1. The van der Waals surface area contributed by atoms with Crippen molar-refractivity contribution in [2.45, 2.75) is 6.42 Å². The topological polar surface area (TPSA) is 64.9 Å². The first-order valence-corrected chi connectivity index (χ1v) is 7.24. The van der Waals surface area contributed by atoms with Crippen LogP contribution in [0, 0.1) is 0 Å². The Kier molecular flexibility index (Phi) is 3.35. The van der Waals surface area contributed by atoms with Crippen molar-refractivity contribution in [1.82, 2.24) is 10.1 Å². The summed E-state index contributed by atoms with van der Waals surface area (Å²) in [7, 11) is 0. The van der Waals surface area contributed by atoms with Gasteiger partial charge in [-0.05, 0) is 29.8 Å². The third kappa shape index (κ3) is 2.85. The Morgan fingerprint density at radius 2 is 1.95 bits per heavy atom. The third-order valence-electron chi connectivity index (χ3n) is 2.58. The minimum atomic E-state index is 0.522. The monoisotopic (exact) mass is 335 g/mol. The molecule has 19 heavy (non-hydrogen) atoms. The molecule has 0 aliphatic rings. The summed E-state index contributed by atoms with van der Waals surface area (Å²) in [6.07, 6.45) is 0.650. The van der Waals surface area contributed by atoms with Crippen LogP contribution in [0.25, 0.3) is 10.8 Å². The number of benzene rings is 1. The Bertz CT molecular complexity index is 690. The van der Waals surface area contributed by atoms with Crippen LogP contribution in [0.2, 0.25) is 0 Å². The van der Waals surface area contributed by atoms with Gasteiger partial charge in [0.2, 0.25) is 0 Å². The molecule has 0 atom stereocenters. The Labute approximate surface area is 122 Å². The third-order valence-corrected chi connectivity index (χ3v) is 4.01. The fourth-order valence-corrected chi connectivity index (χ4v) is 2.64. The highest BCUT2D eigenvalue weighted by Gasteiger charge is 2.11. The maximum Gasteiger partial charge on any atom is 0.268 e. The molecule has 0 radical (unpaired) electrons. The van der Waals surface area contributed by atoms with Crippen LogP contribution in [-0.2, 0) is 6.42 Å². The van der Waals surface area contributed by atoms with E-state index in [9.17, 15) is 0 Å². The fraction of sp³-hybridized carbons (Fsp3) is 0.0769. The molecule has 0 fully saturated rings. The molecule has 0 saturated heterocycles. The number of anilines is 1. The zero-order valence-corrected chi connectivity index (χ0v) is 12.2. The van der Waals surface area contributed by atoms with E-state index in [2.05, 4.69) is 26.1 Å². The zero-order chi connectivity index (χ0) is 13.2. The first-order valence-electron chi connectivity index (χ1n) is 5.63. The standard InChI is InChI=1S/C13H10BrN3OS/c14-9-3-1-8(2-4-9)7-12-16-13(18-17-12)10-5-6-11(15)19-10/h1-6H,7,15H2. The predicted molar refractivity (Wildman–Crippen MR) is 79.0 cm³/mol.